The number of anilines is 5. The Hall–Kier alpha value is -3.52. The summed E-state index contributed by atoms with van der Waals surface area (Å²) in [6.45, 7) is 17.8. The van der Waals surface area contributed by atoms with Crippen molar-refractivity contribution >= 4 is 72.8 Å². The molecule has 2 aliphatic rings. The summed E-state index contributed by atoms with van der Waals surface area (Å²) in [6, 6.07) is 8.81. The van der Waals surface area contributed by atoms with Crippen LogP contribution >= 0.6 is 19.5 Å². The summed E-state index contributed by atoms with van der Waals surface area (Å²) in [5, 5.41) is 8.40. The van der Waals surface area contributed by atoms with E-state index in [9.17, 15) is 0 Å². The van der Waals surface area contributed by atoms with Crippen molar-refractivity contribution in [3.05, 3.63) is 53.4 Å². The van der Waals surface area contributed by atoms with Gasteiger partial charge >= 0.3 is 0 Å². The lowest BCUT2D eigenvalue weighted by atomic mass is 10.00. The van der Waals surface area contributed by atoms with Crippen molar-refractivity contribution < 1.29 is 4.74 Å². The van der Waals surface area contributed by atoms with Gasteiger partial charge in [0.1, 0.15) is 18.8 Å². The summed E-state index contributed by atoms with van der Waals surface area (Å²) in [5.74, 6) is 5.17. The summed E-state index contributed by atoms with van der Waals surface area (Å²) in [6.07, 6.45) is 7.34. The van der Waals surface area contributed by atoms with Crippen molar-refractivity contribution in [2.45, 2.75) is 38.5 Å². The van der Waals surface area contributed by atoms with Crippen LogP contribution in [0.15, 0.2) is 42.9 Å². The Morgan fingerprint density at radius 2 is 1.67 bits per heavy atom. The van der Waals surface area contributed by atoms with E-state index in [0.717, 1.165) is 91.1 Å². The van der Waals surface area contributed by atoms with Crippen LogP contribution in [-0.4, -0.2) is 111 Å². The number of fused-ring (bicyclic) bond motifs is 1. The molecule has 258 valence electrons. The monoisotopic (exact) mass is 715 g/mol. The molecule has 0 amide bonds. The number of rotatable bonds is 8. The van der Waals surface area contributed by atoms with E-state index >= 15 is 0 Å². The zero-order valence-corrected chi connectivity index (χ0v) is 32.3. The normalized spacial score (nSPS) is 16.5. The van der Waals surface area contributed by atoms with E-state index in [0.29, 0.717) is 28.6 Å². The molecule has 10 nitrogen and oxygen atoms in total. The molecule has 2 aromatic heterocycles. The lowest BCUT2D eigenvalue weighted by Crippen LogP contribution is -2.52. The summed E-state index contributed by atoms with van der Waals surface area (Å²) in [4.78, 5) is 26.1. The molecule has 0 spiro atoms. The van der Waals surface area contributed by atoms with Gasteiger partial charge in [0.05, 0.1) is 35.7 Å². The van der Waals surface area contributed by atoms with Gasteiger partial charge in [-0.05, 0) is 51.4 Å². The highest BCUT2D eigenvalue weighted by Gasteiger charge is 2.28. The minimum atomic E-state index is -1.64. The minimum Gasteiger partial charge on any atom is -0.494 e. The average Bonchev–Trinajstić information content (AvgIpc) is 3.08. The van der Waals surface area contributed by atoms with E-state index < -0.39 is 16.0 Å². The fourth-order valence-corrected chi connectivity index (χ4v) is 8.31. The molecule has 0 aliphatic carbocycles. The van der Waals surface area contributed by atoms with Crippen molar-refractivity contribution in [1.29, 1.82) is 0 Å². The zero-order chi connectivity index (χ0) is 34.7. The lowest BCUT2D eigenvalue weighted by Gasteiger charge is -2.42. The van der Waals surface area contributed by atoms with Crippen molar-refractivity contribution in [2.24, 2.45) is 0 Å². The van der Waals surface area contributed by atoms with Crippen LogP contribution in [0.25, 0.3) is 11.0 Å². The van der Waals surface area contributed by atoms with Crippen molar-refractivity contribution in [2.75, 3.05) is 82.3 Å². The molecule has 2 N–H and O–H groups in total. The standard InChI is InChI=1S/C36H47ClN9OPSi/c1-44-17-19-45(20-18-44)26-10-15-46(16-11-26)31-23-32(47-2)30(22-25(31)12-21-49(5,6)7)42-36-40-24-27(37)35(43-36)41-29-9-8-28-33(34(29)48(3)4)39-14-13-38-28/h8-9,13-14,22-24,26H,10-11,15-20H2,1-7H3,(H2,40,41,42,43). The van der Waals surface area contributed by atoms with Crippen LogP contribution < -0.4 is 25.6 Å². The number of benzene rings is 2. The predicted octanol–water partition coefficient (Wildman–Crippen LogP) is 6.38. The highest BCUT2D eigenvalue weighted by molar-refractivity contribution is 7.65. The van der Waals surface area contributed by atoms with Gasteiger partial charge in [-0.15, -0.1) is 5.54 Å². The summed E-state index contributed by atoms with van der Waals surface area (Å²) in [5.41, 5.74) is 9.09. The predicted molar refractivity (Wildman–Crippen MR) is 209 cm³/mol. The number of piperazine rings is 1. The molecule has 2 fully saturated rings. The largest absolute Gasteiger partial charge is 0.494 e. The number of nitrogens with one attached hydrogen (secondary N) is 2. The Kier molecular flexibility index (Phi) is 10.9. The fourth-order valence-electron chi connectivity index (χ4n) is 6.45. The molecule has 2 aromatic carbocycles. The van der Waals surface area contributed by atoms with E-state index in [1.165, 1.54) is 0 Å². The van der Waals surface area contributed by atoms with Crippen LogP contribution in [-0.2, 0) is 0 Å². The molecule has 0 unspecified atom stereocenters. The second kappa shape index (κ2) is 15.2. The van der Waals surface area contributed by atoms with Crippen LogP contribution in [0.3, 0.4) is 0 Å². The molecule has 4 aromatic rings. The van der Waals surface area contributed by atoms with Gasteiger partial charge in [-0.25, -0.2) is 4.98 Å². The molecular formula is C36H47ClN9OPSi. The van der Waals surface area contributed by atoms with Crippen LogP contribution in [0.5, 0.6) is 5.75 Å². The molecule has 4 heterocycles. The van der Waals surface area contributed by atoms with E-state index in [1.807, 2.05) is 12.1 Å². The van der Waals surface area contributed by atoms with E-state index in [1.54, 1.807) is 25.7 Å². The molecule has 0 saturated carbocycles. The number of nitrogens with zero attached hydrogens (tertiary/aromatic N) is 7. The molecule has 49 heavy (non-hydrogen) atoms. The van der Waals surface area contributed by atoms with Gasteiger partial charge in [-0.3, -0.25) is 14.9 Å². The maximum Gasteiger partial charge on any atom is 0.229 e. The number of ether oxygens (including phenoxy) is 1. The molecule has 2 aliphatic heterocycles. The first-order valence-electron chi connectivity index (χ1n) is 16.9. The van der Waals surface area contributed by atoms with Gasteiger partial charge in [0.2, 0.25) is 5.95 Å². The van der Waals surface area contributed by atoms with E-state index in [2.05, 4.69) is 104 Å². The maximum absolute atomic E-state index is 6.65. The number of likely N-dealkylation sites (N-methyl/N-ethyl adjacent to an activating group) is 1. The second-order valence-corrected chi connectivity index (χ2v) is 21.4. The molecular weight excluding hydrogens is 669 g/mol. The third-order valence-electron chi connectivity index (χ3n) is 9.05. The Labute approximate surface area is 297 Å². The first-order valence-corrected chi connectivity index (χ1v) is 23.0. The molecule has 13 heteroatoms. The fraction of sp³-hybridized carbons (Fsp3) is 0.444. The van der Waals surface area contributed by atoms with Gasteiger partial charge in [0.15, 0.2) is 5.82 Å². The number of hydrogen-bond acceptors (Lipinski definition) is 10. The Balaban J connectivity index is 1.28. The Morgan fingerprint density at radius 3 is 2.37 bits per heavy atom. The number of aromatic nitrogens is 4. The molecule has 2 saturated heterocycles. The van der Waals surface area contributed by atoms with E-state index in [4.69, 9.17) is 21.3 Å². The van der Waals surface area contributed by atoms with Gasteiger partial charge in [0.25, 0.3) is 0 Å². The molecule has 6 rings (SSSR count). The second-order valence-electron chi connectivity index (χ2n) is 14.0. The first kappa shape index (κ1) is 35.3. The third kappa shape index (κ3) is 8.45. The lowest BCUT2D eigenvalue weighted by molar-refractivity contribution is 0.0982. The van der Waals surface area contributed by atoms with Gasteiger partial charge in [-0.1, -0.05) is 45.1 Å². The number of methoxy groups -OCH3 is 1. The van der Waals surface area contributed by atoms with Gasteiger partial charge < -0.3 is 25.2 Å². The highest BCUT2D eigenvalue weighted by atomic mass is 35.5. The topological polar surface area (TPSA) is 94.6 Å². The van der Waals surface area contributed by atoms with Gasteiger partial charge in [-0.2, -0.15) is 4.98 Å². The van der Waals surface area contributed by atoms with Gasteiger partial charge in [0, 0.05) is 80.3 Å². The molecule has 0 bridgehead atoms. The highest BCUT2D eigenvalue weighted by Crippen LogP contribution is 2.38. The van der Waals surface area contributed by atoms with Crippen LogP contribution in [0, 0.1) is 11.5 Å². The number of hydrogen-bond donors (Lipinski definition) is 2. The number of halogens is 1. The average molecular weight is 716 g/mol. The molecule has 0 atom stereocenters. The smallest absolute Gasteiger partial charge is 0.229 e. The van der Waals surface area contributed by atoms with E-state index in [-0.39, 0.29) is 0 Å². The Bertz CT molecular complexity index is 1860. The van der Waals surface area contributed by atoms with Crippen molar-refractivity contribution in [1.82, 2.24) is 29.7 Å². The first-order chi connectivity index (χ1) is 23.5. The molecule has 0 radical (unpaired) electrons. The summed E-state index contributed by atoms with van der Waals surface area (Å²) in [7, 11) is 1.76. The Morgan fingerprint density at radius 1 is 0.939 bits per heavy atom. The zero-order valence-electron chi connectivity index (χ0n) is 29.6. The SMILES string of the molecule is COc1cc(N2CCC(N3CCN(C)CC3)CC2)c(C#C[Si](C)(C)C)cc1Nc1ncc(Cl)c(Nc2ccc3nccnc3c2P(C)C)n1. The van der Waals surface area contributed by atoms with Crippen molar-refractivity contribution in [3.8, 4) is 17.2 Å². The van der Waals surface area contributed by atoms with Crippen LogP contribution in [0.2, 0.25) is 24.7 Å². The quantitative estimate of drug-likeness (QED) is 0.122. The van der Waals surface area contributed by atoms with Crippen molar-refractivity contribution in [3.63, 3.8) is 0 Å². The third-order valence-corrected chi connectivity index (χ3v) is 11.6. The summed E-state index contributed by atoms with van der Waals surface area (Å²) < 4.78 is 5.96. The summed E-state index contributed by atoms with van der Waals surface area (Å²) >= 11 is 6.65. The number of piperidine rings is 1. The van der Waals surface area contributed by atoms with Crippen LogP contribution in [0.1, 0.15) is 18.4 Å². The maximum atomic E-state index is 6.65. The van der Waals surface area contributed by atoms with Crippen LogP contribution in [0.4, 0.5) is 28.8 Å². The minimum absolute atomic E-state index is 0.396.